The molecule has 1 aliphatic rings. The normalized spacial score (nSPS) is 38.6. The van der Waals surface area contributed by atoms with Gasteiger partial charge in [0.05, 0.1) is 6.04 Å². The molecule has 2 atom stereocenters. The van der Waals surface area contributed by atoms with Crippen LogP contribution in [0.1, 0.15) is 13.8 Å². The van der Waals surface area contributed by atoms with E-state index in [1.165, 1.54) is 6.40 Å². The lowest BCUT2D eigenvalue weighted by atomic mass is 10.2. The Kier molecular flexibility index (Phi) is 1.01. The van der Waals surface area contributed by atoms with Crippen LogP contribution in [0.3, 0.4) is 0 Å². The third-order valence-corrected chi connectivity index (χ3v) is 1.25. The van der Waals surface area contributed by atoms with Gasteiger partial charge in [0, 0.05) is 0 Å². The molecule has 0 spiro atoms. The van der Waals surface area contributed by atoms with E-state index in [0.717, 1.165) is 0 Å². The number of hydrogen-bond donors (Lipinski definition) is 0. The van der Waals surface area contributed by atoms with Crippen LogP contribution in [0.15, 0.2) is 4.99 Å². The predicted octanol–water partition coefficient (Wildman–Crippen LogP) is 0.822. The van der Waals surface area contributed by atoms with E-state index in [2.05, 4.69) is 4.99 Å². The first-order chi connectivity index (χ1) is 3.30. The van der Waals surface area contributed by atoms with Gasteiger partial charge in [-0.2, -0.15) is 0 Å². The zero-order valence-electron chi connectivity index (χ0n) is 4.59. The van der Waals surface area contributed by atoms with Gasteiger partial charge in [-0.25, -0.2) is 0 Å². The molecule has 0 saturated carbocycles. The Bertz CT molecular complexity index is 90.1. The summed E-state index contributed by atoms with van der Waals surface area (Å²) in [7, 11) is 0. The molecule has 0 aromatic rings. The molecule has 0 N–H and O–H groups in total. The Balaban J connectivity index is 2.45. The average molecular weight is 99.1 g/mol. The Morgan fingerprint density at radius 2 is 2.29 bits per heavy atom. The molecule has 0 amide bonds. The first kappa shape index (κ1) is 4.62. The molecule has 2 nitrogen and oxygen atoms in total. The minimum atomic E-state index is 0.292. The molecule has 0 aliphatic carbocycles. The highest BCUT2D eigenvalue weighted by Crippen LogP contribution is 2.05. The van der Waals surface area contributed by atoms with Crippen molar-refractivity contribution in [3.05, 3.63) is 0 Å². The van der Waals surface area contributed by atoms with Crippen molar-refractivity contribution in [2.45, 2.75) is 26.0 Å². The fourth-order valence-electron chi connectivity index (χ4n) is 0.462. The molecule has 0 aromatic carbocycles. The SMILES string of the molecule is C[C@@H]1N=CO[C@@H]1C. The van der Waals surface area contributed by atoms with Crippen molar-refractivity contribution in [3.8, 4) is 0 Å². The van der Waals surface area contributed by atoms with Crippen molar-refractivity contribution in [1.29, 1.82) is 0 Å². The molecule has 1 aliphatic heterocycles. The Labute approximate surface area is 43.2 Å². The summed E-state index contributed by atoms with van der Waals surface area (Å²) in [5.74, 6) is 0. The summed E-state index contributed by atoms with van der Waals surface area (Å²) in [6, 6.07) is 0.361. The zero-order chi connectivity index (χ0) is 5.28. The van der Waals surface area contributed by atoms with Crippen LogP contribution in [0.4, 0.5) is 0 Å². The second-order valence-electron chi connectivity index (χ2n) is 1.84. The van der Waals surface area contributed by atoms with Gasteiger partial charge in [0.2, 0.25) is 0 Å². The van der Waals surface area contributed by atoms with E-state index in [0.29, 0.717) is 12.1 Å². The number of hydrogen-bond acceptors (Lipinski definition) is 2. The van der Waals surface area contributed by atoms with E-state index in [-0.39, 0.29) is 0 Å². The molecular formula is C5H9NO. The summed E-state index contributed by atoms with van der Waals surface area (Å²) in [6.45, 7) is 4.05. The fourth-order valence-corrected chi connectivity index (χ4v) is 0.462. The third-order valence-electron chi connectivity index (χ3n) is 1.25. The first-order valence-electron chi connectivity index (χ1n) is 2.48. The van der Waals surface area contributed by atoms with Gasteiger partial charge in [0.1, 0.15) is 6.10 Å². The van der Waals surface area contributed by atoms with E-state index in [1.54, 1.807) is 0 Å². The minimum Gasteiger partial charge on any atom is -0.478 e. The zero-order valence-corrected chi connectivity index (χ0v) is 4.59. The van der Waals surface area contributed by atoms with Crippen molar-refractivity contribution >= 4 is 6.40 Å². The largest absolute Gasteiger partial charge is 0.478 e. The third kappa shape index (κ3) is 0.734. The second-order valence-corrected chi connectivity index (χ2v) is 1.84. The van der Waals surface area contributed by atoms with Crippen LogP contribution in [0.25, 0.3) is 0 Å². The predicted molar refractivity (Wildman–Crippen MR) is 28.5 cm³/mol. The van der Waals surface area contributed by atoms with Crippen LogP contribution in [0.2, 0.25) is 0 Å². The van der Waals surface area contributed by atoms with Gasteiger partial charge in [-0.15, -0.1) is 0 Å². The van der Waals surface area contributed by atoms with Crippen LogP contribution in [0.5, 0.6) is 0 Å². The van der Waals surface area contributed by atoms with Crippen LogP contribution in [0, 0.1) is 0 Å². The molecule has 1 heterocycles. The summed E-state index contributed by atoms with van der Waals surface area (Å²) < 4.78 is 4.97. The maximum absolute atomic E-state index is 4.97. The van der Waals surface area contributed by atoms with Crippen LogP contribution in [-0.4, -0.2) is 18.5 Å². The maximum Gasteiger partial charge on any atom is 0.170 e. The van der Waals surface area contributed by atoms with Gasteiger partial charge in [-0.05, 0) is 13.8 Å². The van der Waals surface area contributed by atoms with E-state index < -0.39 is 0 Å². The highest BCUT2D eigenvalue weighted by atomic mass is 16.5. The van der Waals surface area contributed by atoms with E-state index in [1.807, 2.05) is 13.8 Å². The van der Waals surface area contributed by atoms with Crippen molar-refractivity contribution < 1.29 is 4.74 Å². The summed E-state index contributed by atoms with van der Waals surface area (Å²) in [5, 5.41) is 0. The van der Waals surface area contributed by atoms with Crippen molar-refractivity contribution in [2.75, 3.05) is 0 Å². The summed E-state index contributed by atoms with van der Waals surface area (Å²) in [6.07, 6.45) is 1.81. The second kappa shape index (κ2) is 1.52. The molecule has 1 rings (SSSR count). The van der Waals surface area contributed by atoms with E-state index >= 15 is 0 Å². The molecule has 40 valence electrons. The molecule has 7 heavy (non-hydrogen) atoms. The summed E-state index contributed by atoms with van der Waals surface area (Å²) in [4.78, 5) is 3.97. The van der Waals surface area contributed by atoms with E-state index in [9.17, 15) is 0 Å². The molecule has 0 bridgehead atoms. The Morgan fingerprint density at radius 3 is 2.43 bits per heavy atom. The lowest BCUT2D eigenvalue weighted by molar-refractivity contribution is 0.227. The number of nitrogens with zero attached hydrogens (tertiary/aromatic N) is 1. The summed E-state index contributed by atoms with van der Waals surface area (Å²) >= 11 is 0. The van der Waals surface area contributed by atoms with E-state index in [4.69, 9.17) is 4.74 Å². The molecule has 2 heteroatoms. The number of rotatable bonds is 0. The smallest absolute Gasteiger partial charge is 0.170 e. The quantitative estimate of drug-likeness (QED) is 0.440. The van der Waals surface area contributed by atoms with Crippen molar-refractivity contribution in [3.63, 3.8) is 0 Å². The summed E-state index contributed by atoms with van der Waals surface area (Å²) in [5.41, 5.74) is 0. The van der Waals surface area contributed by atoms with Crippen LogP contribution >= 0.6 is 0 Å². The van der Waals surface area contributed by atoms with Crippen LogP contribution in [-0.2, 0) is 4.74 Å². The molecule has 0 saturated heterocycles. The highest BCUT2D eigenvalue weighted by molar-refractivity contribution is 5.49. The topological polar surface area (TPSA) is 21.6 Å². The molecule has 0 fully saturated rings. The minimum absolute atomic E-state index is 0.292. The first-order valence-corrected chi connectivity index (χ1v) is 2.48. The van der Waals surface area contributed by atoms with Gasteiger partial charge in [-0.3, -0.25) is 4.99 Å². The van der Waals surface area contributed by atoms with Crippen molar-refractivity contribution in [2.24, 2.45) is 4.99 Å². The average Bonchev–Trinajstić information content (AvgIpc) is 1.91. The number of aliphatic imine (C=N–C) groups is 1. The van der Waals surface area contributed by atoms with Crippen molar-refractivity contribution in [1.82, 2.24) is 0 Å². The van der Waals surface area contributed by atoms with Gasteiger partial charge >= 0.3 is 0 Å². The van der Waals surface area contributed by atoms with Gasteiger partial charge < -0.3 is 4.74 Å². The molecule has 0 aromatic heterocycles. The van der Waals surface area contributed by atoms with Gasteiger partial charge in [0.15, 0.2) is 6.40 Å². The van der Waals surface area contributed by atoms with Gasteiger partial charge in [0.25, 0.3) is 0 Å². The monoisotopic (exact) mass is 99.1 g/mol. The van der Waals surface area contributed by atoms with Gasteiger partial charge in [-0.1, -0.05) is 0 Å². The fraction of sp³-hybridized carbons (Fsp3) is 0.800. The maximum atomic E-state index is 4.97. The molecular weight excluding hydrogens is 90.1 g/mol. The Morgan fingerprint density at radius 1 is 1.57 bits per heavy atom. The Hall–Kier alpha value is -0.530. The highest BCUT2D eigenvalue weighted by Gasteiger charge is 2.14. The lowest BCUT2D eigenvalue weighted by Gasteiger charge is -2.03. The van der Waals surface area contributed by atoms with Crippen LogP contribution < -0.4 is 0 Å². The standard InChI is InChI=1S/C5H9NO/c1-4-5(2)7-3-6-4/h3-5H,1-2H3/t4-,5+/m0/s1. The lowest BCUT2D eigenvalue weighted by Crippen LogP contribution is -2.12. The molecule has 0 unspecified atom stereocenters. The number of ether oxygens (including phenoxy) is 1. The molecule has 0 radical (unpaired) electrons.